The molecule has 0 spiro atoms. The lowest BCUT2D eigenvalue weighted by atomic mass is 9.93. The van der Waals surface area contributed by atoms with E-state index < -0.39 is 6.29 Å². The quantitative estimate of drug-likeness (QED) is 0.468. The van der Waals surface area contributed by atoms with Gasteiger partial charge in [0, 0.05) is 17.9 Å². The lowest BCUT2D eigenvalue weighted by molar-refractivity contribution is -0.264. The van der Waals surface area contributed by atoms with Crippen molar-refractivity contribution in [2.24, 2.45) is 5.92 Å². The van der Waals surface area contributed by atoms with Crippen molar-refractivity contribution in [2.75, 3.05) is 20.3 Å². The van der Waals surface area contributed by atoms with Gasteiger partial charge in [-0.1, -0.05) is 48.5 Å². The fourth-order valence-electron chi connectivity index (χ4n) is 3.71. The summed E-state index contributed by atoms with van der Waals surface area (Å²) in [7, 11) is 1.66. The van der Waals surface area contributed by atoms with E-state index in [0.717, 1.165) is 29.9 Å². The van der Waals surface area contributed by atoms with Gasteiger partial charge in [0.2, 0.25) is 0 Å². The first-order valence-electron chi connectivity index (χ1n) is 10.1. The van der Waals surface area contributed by atoms with Crippen LogP contribution in [0, 0.1) is 5.92 Å². The predicted molar refractivity (Wildman–Crippen MR) is 110 cm³/mol. The zero-order valence-corrected chi connectivity index (χ0v) is 16.7. The van der Waals surface area contributed by atoms with Crippen molar-refractivity contribution in [1.82, 2.24) is 0 Å². The van der Waals surface area contributed by atoms with Crippen molar-refractivity contribution in [3.8, 4) is 5.75 Å². The Morgan fingerprint density at radius 3 is 2.48 bits per heavy atom. The molecule has 5 nitrogen and oxygen atoms in total. The highest BCUT2D eigenvalue weighted by atomic mass is 16.7. The molecule has 2 fully saturated rings. The Bertz CT molecular complexity index is 772. The van der Waals surface area contributed by atoms with E-state index in [0.29, 0.717) is 13.2 Å². The zero-order chi connectivity index (χ0) is 20.1. The molecule has 2 saturated heterocycles. The van der Waals surface area contributed by atoms with Gasteiger partial charge in [0.05, 0.1) is 45.2 Å². The van der Waals surface area contributed by atoms with E-state index in [4.69, 9.17) is 23.7 Å². The van der Waals surface area contributed by atoms with Crippen molar-refractivity contribution in [3.63, 3.8) is 0 Å². The summed E-state index contributed by atoms with van der Waals surface area (Å²) < 4.78 is 29.2. The van der Waals surface area contributed by atoms with Crippen molar-refractivity contribution in [2.45, 2.75) is 37.6 Å². The number of hydrogen-bond donors (Lipinski definition) is 0. The highest BCUT2D eigenvalue weighted by Gasteiger charge is 2.42. The van der Waals surface area contributed by atoms with Gasteiger partial charge < -0.3 is 23.7 Å². The Morgan fingerprint density at radius 1 is 1.07 bits per heavy atom. The largest absolute Gasteiger partial charge is 0.497 e. The topological polar surface area (TPSA) is 49.5 Å². The highest BCUT2D eigenvalue weighted by Crippen LogP contribution is 2.37. The standard InChI is InChI=1S/C24H28O5/c1-3-21(23-16-27-23)22-13-20(28-24(29-22)18-7-5-4-6-8-18)15-26-14-17-9-11-19(25-2)12-10-17/h3-12,20-24H,1,13-16H2,2H3/t20-,21+,22+,23-,24+/m0/s1. The SMILES string of the molecule is C=C[C@@H]([C@@H]1CO1)[C@H]1C[C@@H](COCc2ccc(OC)cc2)O[C@@H](c2ccccc2)O1. The Morgan fingerprint density at radius 2 is 1.83 bits per heavy atom. The molecule has 154 valence electrons. The molecule has 2 aliphatic rings. The minimum Gasteiger partial charge on any atom is -0.497 e. The minimum atomic E-state index is -0.411. The molecule has 0 aromatic heterocycles. The van der Waals surface area contributed by atoms with E-state index >= 15 is 0 Å². The molecule has 0 aliphatic carbocycles. The molecule has 2 aliphatic heterocycles. The summed E-state index contributed by atoms with van der Waals surface area (Å²) in [5.41, 5.74) is 2.11. The maximum absolute atomic E-state index is 6.30. The summed E-state index contributed by atoms with van der Waals surface area (Å²) in [6, 6.07) is 17.9. The zero-order valence-electron chi connectivity index (χ0n) is 16.7. The van der Waals surface area contributed by atoms with E-state index in [2.05, 4.69) is 6.58 Å². The van der Waals surface area contributed by atoms with Gasteiger partial charge in [0.1, 0.15) is 5.75 Å². The number of hydrogen-bond acceptors (Lipinski definition) is 5. The molecular weight excluding hydrogens is 368 g/mol. The summed E-state index contributed by atoms with van der Waals surface area (Å²) in [5, 5.41) is 0. The minimum absolute atomic E-state index is 0.00598. The molecule has 0 N–H and O–H groups in total. The number of rotatable bonds is 9. The highest BCUT2D eigenvalue weighted by molar-refractivity contribution is 5.26. The lowest BCUT2D eigenvalue weighted by Crippen LogP contribution is -2.41. The Kier molecular flexibility index (Phi) is 6.62. The second kappa shape index (κ2) is 9.55. The van der Waals surface area contributed by atoms with E-state index in [1.165, 1.54) is 0 Å². The summed E-state index contributed by atoms with van der Waals surface area (Å²) in [5.74, 6) is 1.00. The maximum Gasteiger partial charge on any atom is 0.184 e. The second-order valence-corrected chi connectivity index (χ2v) is 7.46. The average molecular weight is 396 g/mol. The maximum atomic E-state index is 6.30. The summed E-state index contributed by atoms with van der Waals surface area (Å²) in [6.07, 6.45) is 2.43. The number of benzene rings is 2. The Labute approximate surface area is 172 Å². The van der Waals surface area contributed by atoms with Crippen molar-refractivity contribution < 1.29 is 23.7 Å². The fraction of sp³-hybridized carbons (Fsp3) is 0.417. The van der Waals surface area contributed by atoms with Crippen LogP contribution in [0.3, 0.4) is 0 Å². The molecule has 0 amide bonds. The van der Waals surface area contributed by atoms with Crippen LogP contribution in [0.2, 0.25) is 0 Å². The van der Waals surface area contributed by atoms with Crippen LogP contribution in [0.25, 0.3) is 0 Å². The second-order valence-electron chi connectivity index (χ2n) is 7.46. The molecule has 0 bridgehead atoms. The third kappa shape index (κ3) is 5.25. The van der Waals surface area contributed by atoms with Crippen LogP contribution in [-0.4, -0.2) is 38.6 Å². The molecule has 2 heterocycles. The van der Waals surface area contributed by atoms with Gasteiger partial charge >= 0.3 is 0 Å². The van der Waals surface area contributed by atoms with Crippen LogP contribution in [0.1, 0.15) is 23.8 Å². The molecule has 5 atom stereocenters. The predicted octanol–water partition coefficient (Wildman–Crippen LogP) is 4.29. The van der Waals surface area contributed by atoms with E-state index in [9.17, 15) is 0 Å². The van der Waals surface area contributed by atoms with Crippen LogP contribution in [0.5, 0.6) is 5.75 Å². The molecule has 0 saturated carbocycles. The molecule has 29 heavy (non-hydrogen) atoms. The Hall–Kier alpha value is -2.18. The summed E-state index contributed by atoms with van der Waals surface area (Å²) in [4.78, 5) is 0. The van der Waals surface area contributed by atoms with Gasteiger partial charge in [-0.2, -0.15) is 0 Å². The van der Waals surface area contributed by atoms with E-state index in [1.54, 1.807) is 7.11 Å². The fourth-order valence-corrected chi connectivity index (χ4v) is 3.71. The molecule has 0 unspecified atom stereocenters. The summed E-state index contributed by atoms with van der Waals surface area (Å²) in [6.45, 7) is 5.80. The molecule has 4 rings (SSSR count). The first-order chi connectivity index (χ1) is 14.3. The van der Waals surface area contributed by atoms with Crippen LogP contribution >= 0.6 is 0 Å². The van der Waals surface area contributed by atoms with E-state index in [1.807, 2.05) is 60.7 Å². The first-order valence-corrected chi connectivity index (χ1v) is 10.1. The molecule has 5 heteroatoms. The van der Waals surface area contributed by atoms with Crippen LogP contribution in [0.4, 0.5) is 0 Å². The van der Waals surface area contributed by atoms with Crippen molar-refractivity contribution in [1.29, 1.82) is 0 Å². The number of epoxide rings is 1. The van der Waals surface area contributed by atoms with Crippen LogP contribution in [-0.2, 0) is 25.6 Å². The van der Waals surface area contributed by atoms with Gasteiger partial charge in [-0.25, -0.2) is 0 Å². The molecule has 2 aromatic carbocycles. The van der Waals surface area contributed by atoms with Gasteiger partial charge in [0.15, 0.2) is 6.29 Å². The van der Waals surface area contributed by atoms with E-state index in [-0.39, 0.29) is 24.2 Å². The Balaban J connectivity index is 1.39. The smallest absolute Gasteiger partial charge is 0.184 e. The summed E-state index contributed by atoms with van der Waals surface area (Å²) >= 11 is 0. The number of methoxy groups -OCH3 is 1. The van der Waals surface area contributed by atoms with Gasteiger partial charge in [0.25, 0.3) is 0 Å². The van der Waals surface area contributed by atoms with Gasteiger partial charge in [-0.3, -0.25) is 0 Å². The molecular formula is C24H28O5. The van der Waals surface area contributed by atoms with Gasteiger partial charge in [-0.05, 0) is 17.7 Å². The number of ether oxygens (including phenoxy) is 5. The normalized spacial score (nSPS) is 27.2. The first kappa shape index (κ1) is 20.1. The monoisotopic (exact) mass is 396 g/mol. The van der Waals surface area contributed by atoms with Crippen molar-refractivity contribution >= 4 is 0 Å². The third-order valence-corrected chi connectivity index (χ3v) is 5.40. The lowest BCUT2D eigenvalue weighted by Gasteiger charge is -2.38. The molecule has 2 aromatic rings. The average Bonchev–Trinajstić information content (AvgIpc) is 3.60. The third-order valence-electron chi connectivity index (χ3n) is 5.40. The van der Waals surface area contributed by atoms with Crippen LogP contribution in [0.15, 0.2) is 67.3 Å². The van der Waals surface area contributed by atoms with Crippen molar-refractivity contribution in [3.05, 3.63) is 78.4 Å². The van der Waals surface area contributed by atoms with Crippen LogP contribution < -0.4 is 4.74 Å². The molecule has 0 radical (unpaired) electrons. The van der Waals surface area contributed by atoms with Gasteiger partial charge in [-0.15, -0.1) is 6.58 Å².